The Morgan fingerprint density at radius 1 is 1.29 bits per heavy atom. The van der Waals surface area contributed by atoms with E-state index < -0.39 is 5.97 Å². The summed E-state index contributed by atoms with van der Waals surface area (Å²) >= 11 is 0. The summed E-state index contributed by atoms with van der Waals surface area (Å²) in [5, 5.41) is 8.73. The van der Waals surface area contributed by atoms with E-state index in [0.29, 0.717) is 6.42 Å². The van der Waals surface area contributed by atoms with Gasteiger partial charge in [0.1, 0.15) is 0 Å². The summed E-state index contributed by atoms with van der Waals surface area (Å²) in [5.74, 6) is -0.660. The number of carboxylic acid groups (broad SMARTS) is 1. The minimum atomic E-state index is -0.777. The smallest absolute Gasteiger partial charge is 0.304 e. The highest BCUT2D eigenvalue weighted by atomic mass is 16.4. The van der Waals surface area contributed by atoms with Crippen LogP contribution in [-0.2, 0) is 9.59 Å². The Kier molecular flexibility index (Phi) is 7.54. The third kappa shape index (κ3) is 6.94. The number of carbonyl (C=O) groups is 2. The molecule has 5 nitrogen and oxygen atoms in total. The molecule has 0 bridgehead atoms. The number of rotatable bonds is 8. The highest BCUT2D eigenvalue weighted by Gasteiger charge is 2.15. The van der Waals surface area contributed by atoms with Crippen molar-refractivity contribution in [2.45, 2.75) is 39.2 Å². The van der Waals surface area contributed by atoms with Gasteiger partial charge in [-0.25, -0.2) is 0 Å². The van der Waals surface area contributed by atoms with E-state index in [1.165, 1.54) is 0 Å². The van der Waals surface area contributed by atoms with Crippen molar-refractivity contribution in [3.05, 3.63) is 0 Å². The first-order chi connectivity index (χ1) is 7.88. The Bertz CT molecular complexity index is 254. The highest BCUT2D eigenvalue weighted by molar-refractivity contribution is 5.75. The molecule has 5 heteroatoms. The number of carboxylic acids is 1. The van der Waals surface area contributed by atoms with Crippen LogP contribution >= 0.6 is 0 Å². The number of carbonyl (C=O) groups excluding carboxylic acids is 1. The minimum Gasteiger partial charge on any atom is -0.481 e. The van der Waals surface area contributed by atoms with Crippen LogP contribution in [0.25, 0.3) is 0 Å². The number of hydrogen-bond acceptors (Lipinski definition) is 3. The fourth-order valence-electron chi connectivity index (χ4n) is 1.73. The lowest BCUT2D eigenvalue weighted by Gasteiger charge is -2.26. The maximum Gasteiger partial charge on any atom is 0.304 e. The van der Waals surface area contributed by atoms with E-state index in [9.17, 15) is 9.59 Å². The number of nitrogens with zero attached hydrogens (tertiary/aromatic N) is 2. The van der Waals surface area contributed by atoms with E-state index in [-0.39, 0.29) is 18.4 Å². The van der Waals surface area contributed by atoms with Gasteiger partial charge in [-0.05, 0) is 26.4 Å². The number of hydrogen-bond donors (Lipinski definition) is 1. The molecule has 0 aliphatic carbocycles. The number of aliphatic carboxylic acids is 1. The number of amides is 1. The van der Waals surface area contributed by atoms with E-state index in [2.05, 4.69) is 4.90 Å². The molecule has 0 heterocycles. The van der Waals surface area contributed by atoms with E-state index in [0.717, 1.165) is 19.5 Å². The maximum atomic E-state index is 11.4. The van der Waals surface area contributed by atoms with Crippen molar-refractivity contribution >= 4 is 11.9 Å². The summed E-state index contributed by atoms with van der Waals surface area (Å²) in [4.78, 5) is 25.7. The zero-order chi connectivity index (χ0) is 13.4. The topological polar surface area (TPSA) is 60.9 Å². The van der Waals surface area contributed by atoms with Crippen LogP contribution in [0.4, 0.5) is 0 Å². The molecule has 0 fully saturated rings. The molecule has 17 heavy (non-hydrogen) atoms. The van der Waals surface area contributed by atoms with Gasteiger partial charge in [-0.3, -0.25) is 9.59 Å². The van der Waals surface area contributed by atoms with E-state index in [1.807, 2.05) is 13.8 Å². The first-order valence-corrected chi connectivity index (χ1v) is 6.04. The molecular formula is C12H24N2O3. The van der Waals surface area contributed by atoms with Crippen molar-refractivity contribution in [2.24, 2.45) is 0 Å². The lowest BCUT2D eigenvalue weighted by atomic mass is 10.2. The Labute approximate surface area is 103 Å². The van der Waals surface area contributed by atoms with Gasteiger partial charge in [-0.15, -0.1) is 0 Å². The summed E-state index contributed by atoms with van der Waals surface area (Å²) in [6, 6.07) is 0.0203. The third-order valence-electron chi connectivity index (χ3n) is 2.83. The lowest BCUT2D eigenvalue weighted by Crippen LogP contribution is -2.36. The van der Waals surface area contributed by atoms with Crippen LogP contribution in [0.2, 0.25) is 0 Å². The predicted molar refractivity (Wildman–Crippen MR) is 66.9 cm³/mol. The van der Waals surface area contributed by atoms with Gasteiger partial charge < -0.3 is 14.9 Å². The maximum absolute atomic E-state index is 11.4. The molecule has 0 rings (SSSR count). The Morgan fingerprint density at radius 2 is 1.88 bits per heavy atom. The predicted octanol–water partition coefficient (Wildman–Crippen LogP) is 1.04. The second-order valence-corrected chi connectivity index (χ2v) is 4.47. The monoisotopic (exact) mass is 244 g/mol. The van der Waals surface area contributed by atoms with Crippen LogP contribution in [0.5, 0.6) is 0 Å². The standard InChI is InChI=1S/C12H24N2O3/c1-5-14(10(2)9-12(16)17)8-6-7-11(15)13(3)4/h10H,5-9H2,1-4H3,(H,16,17). The molecule has 0 aromatic rings. The van der Waals surface area contributed by atoms with Gasteiger partial charge in [0.15, 0.2) is 0 Å². The van der Waals surface area contributed by atoms with Crippen LogP contribution in [-0.4, -0.2) is 60.0 Å². The summed E-state index contributed by atoms with van der Waals surface area (Å²) in [5.41, 5.74) is 0. The molecule has 1 N–H and O–H groups in total. The molecule has 0 aliphatic rings. The lowest BCUT2D eigenvalue weighted by molar-refractivity contribution is -0.138. The van der Waals surface area contributed by atoms with E-state index in [4.69, 9.17) is 5.11 Å². The van der Waals surface area contributed by atoms with Crippen molar-refractivity contribution in [1.29, 1.82) is 0 Å². The van der Waals surface area contributed by atoms with Gasteiger partial charge in [-0.2, -0.15) is 0 Å². The van der Waals surface area contributed by atoms with Crippen LogP contribution in [0.1, 0.15) is 33.1 Å². The van der Waals surface area contributed by atoms with Gasteiger partial charge in [0.25, 0.3) is 0 Å². The van der Waals surface area contributed by atoms with Crippen LogP contribution in [0.3, 0.4) is 0 Å². The SMILES string of the molecule is CCN(CCCC(=O)N(C)C)C(C)CC(=O)O. The molecular weight excluding hydrogens is 220 g/mol. The first-order valence-electron chi connectivity index (χ1n) is 6.04. The summed E-state index contributed by atoms with van der Waals surface area (Å²) in [6.07, 6.45) is 1.44. The molecule has 100 valence electrons. The van der Waals surface area contributed by atoms with Gasteiger partial charge >= 0.3 is 5.97 Å². The van der Waals surface area contributed by atoms with Crippen molar-refractivity contribution in [1.82, 2.24) is 9.80 Å². The summed E-state index contributed by atoms with van der Waals surface area (Å²) < 4.78 is 0. The molecule has 0 aromatic carbocycles. The Morgan fingerprint density at radius 3 is 2.29 bits per heavy atom. The molecule has 0 aliphatic heterocycles. The average molecular weight is 244 g/mol. The third-order valence-corrected chi connectivity index (χ3v) is 2.83. The van der Waals surface area contributed by atoms with Gasteiger partial charge in [0, 0.05) is 26.6 Å². The molecule has 0 saturated carbocycles. The Balaban J connectivity index is 3.97. The normalized spacial score (nSPS) is 12.5. The molecule has 1 atom stereocenters. The first kappa shape index (κ1) is 15.9. The summed E-state index contributed by atoms with van der Waals surface area (Å²) in [6.45, 7) is 5.49. The second kappa shape index (κ2) is 8.06. The summed E-state index contributed by atoms with van der Waals surface area (Å²) in [7, 11) is 3.49. The van der Waals surface area contributed by atoms with Gasteiger partial charge in [0.05, 0.1) is 6.42 Å². The van der Waals surface area contributed by atoms with Crippen molar-refractivity contribution in [2.75, 3.05) is 27.2 Å². The Hall–Kier alpha value is -1.10. The zero-order valence-corrected chi connectivity index (χ0v) is 11.3. The van der Waals surface area contributed by atoms with Crippen LogP contribution in [0, 0.1) is 0 Å². The van der Waals surface area contributed by atoms with Crippen molar-refractivity contribution in [3.63, 3.8) is 0 Å². The fourth-order valence-corrected chi connectivity index (χ4v) is 1.73. The molecule has 0 spiro atoms. The fraction of sp³-hybridized carbons (Fsp3) is 0.833. The molecule has 0 aromatic heterocycles. The minimum absolute atomic E-state index is 0.0203. The molecule has 0 saturated heterocycles. The van der Waals surface area contributed by atoms with Crippen LogP contribution in [0.15, 0.2) is 0 Å². The van der Waals surface area contributed by atoms with E-state index >= 15 is 0 Å². The van der Waals surface area contributed by atoms with Gasteiger partial charge in [-0.1, -0.05) is 6.92 Å². The van der Waals surface area contributed by atoms with E-state index in [1.54, 1.807) is 19.0 Å². The molecule has 1 unspecified atom stereocenters. The quantitative estimate of drug-likeness (QED) is 0.693. The largest absolute Gasteiger partial charge is 0.481 e. The highest BCUT2D eigenvalue weighted by Crippen LogP contribution is 2.06. The van der Waals surface area contributed by atoms with Gasteiger partial charge in [0.2, 0.25) is 5.91 Å². The van der Waals surface area contributed by atoms with Crippen molar-refractivity contribution in [3.8, 4) is 0 Å². The molecule has 0 radical (unpaired) electrons. The van der Waals surface area contributed by atoms with Crippen molar-refractivity contribution < 1.29 is 14.7 Å². The second-order valence-electron chi connectivity index (χ2n) is 4.47. The van der Waals surface area contributed by atoms with Crippen LogP contribution < -0.4 is 0 Å². The molecule has 1 amide bonds. The zero-order valence-electron chi connectivity index (χ0n) is 11.3. The average Bonchev–Trinajstić information content (AvgIpc) is 2.22.